The van der Waals surface area contributed by atoms with Gasteiger partial charge in [0.2, 0.25) is 0 Å². The van der Waals surface area contributed by atoms with Crippen LogP contribution < -0.4 is 5.32 Å². The standard InChI is InChI=1S/C18H38N2/c1-4-13-19-14-9-5-6-10-15-20(16-17(2)3)18-11-7-8-12-18/h17-19H,4-16H2,1-3H3. The van der Waals surface area contributed by atoms with Gasteiger partial charge in [0, 0.05) is 12.6 Å². The molecule has 0 atom stereocenters. The average Bonchev–Trinajstić information content (AvgIpc) is 2.94. The highest BCUT2D eigenvalue weighted by molar-refractivity contribution is 4.78. The second-order valence-corrected chi connectivity index (χ2v) is 6.99. The minimum atomic E-state index is 0.814. The Hall–Kier alpha value is -0.0800. The minimum absolute atomic E-state index is 0.814. The summed E-state index contributed by atoms with van der Waals surface area (Å²) in [5.74, 6) is 0.814. The van der Waals surface area contributed by atoms with Crippen molar-refractivity contribution in [3.8, 4) is 0 Å². The maximum Gasteiger partial charge on any atom is 0.00953 e. The van der Waals surface area contributed by atoms with Crippen molar-refractivity contribution in [2.75, 3.05) is 26.2 Å². The summed E-state index contributed by atoms with van der Waals surface area (Å²) in [7, 11) is 0. The Labute approximate surface area is 127 Å². The monoisotopic (exact) mass is 282 g/mol. The number of nitrogens with one attached hydrogen (secondary N) is 1. The molecule has 1 fully saturated rings. The first-order valence-electron chi connectivity index (χ1n) is 9.18. The molecule has 0 aromatic rings. The van der Waals surface area contributed by atoms with E-state index >= 15 is 0 Å². The number of hydrogen-bond donors (Lipinski definition) is 1. The lowest BCUT2D eigenvalue weighted by molar-refractivity contribution is 0.173. The van der Waals surface area contributed by atoms with Crippen LogP contribution in [0.2, 0.25) is 0 Å². The van der Waals surface area contributed by atoms with Crippen LogP contribution in [-0.4, -0.2) is 37.1 Å². The minimum Gasteiger partial charge on any atom is -0.317 e. The molecule has 0 aliphatic heterocycles. The van der Waals surface area contributed by atoms with Crippen LogP contribution in [0.15, 0.2) is 0 Å². The normalized spacial score (nSPS) is 16.6. The molecule has 0 heterocycles. The fraction of sp³-hybridized carbons (Fsp3) is 1.00. The summed E-state index contributed by atoms with van der Waals surface area (Å²) in [6, 6.07) is 0.906. The third-order valence-electron chi connectivity index (χ3n) is 4.42. The van der Waals surface area contributed by atoms with Crippen LogP contribution in [0.4, 0.5) is 0 Å². The number of rotatable bonds is 12. The lowest BCUT2D eigenvalue weighted by Gasteiger charge is -2.30. The van der Waals surface area contributed by atoms with E-state index in [4.69, 9.17) is 0 Å². The SMILES string of the molecule is CCCNCCCCCCN(CC(C)C)C1CCCC1. The van der Waals surface area contributed by atoms with Gasteiger partial charge in [-0.1, -0.05) is 46.5 Å². The van der Waals surface area contributed by atoms with E-state index in [0.717, 1.165) is 12.0 Å². The van der Waals surface area contributed by atoms with Gasteiger partial charge in [-0.2, -0.15) is 0 Å². The van der Waals surface area contributed by atoms with Gasteiger partial charge < -0.3 is 10.2 Å². The summed E-state index contributed by atoms with van der Waals surface area (Å²) in [5, 5.41) is 3.50. The van der Waals surface area contributed by atoms with Gasteiger partial charge in [-0.25, -0.2) is 0 Å². The second-order valence-electron chi connectivity index (χ2n) is 6.99. The summed E-state index contributed by atoms with van der Waals surface area (Å²) in [4.78, 5) is 2.80. The van der Waals surface area contributed by atoms with Crippen LogP contribution in [-0.2, 0) is 0 Å². The van der Waals surface area contributed by atoms with Gasteiger partial charge in [0.05, 0.1) is 0 Å². The zero-order valence-electron chi connectivity index (χ0n) is 14.3. The van der Waals surface area contributed by atoms with E-state index in [1.54, 1.807) is 0 Å². The molecule has 1 aliphatic rings. The molecule has 0 saturated heterocycles. The Morgan fingerprint density at radius 2 is 1.70 bits per heavy atom. The predicted molar refractivity (Wildman–Crippen MR) is 90.3 cm³/mol. The molecule has 0 unspecified atom stereocenters. The molecule has 1 rings (SSSR count). The largest absolute Gasteiger partial charge is 0.317 e. The molecule has 1 saturated carbocycles. The van der Waals surface area contributed by atoms with Crippen LogP contribution in [0.3, 0.4) is 0 Å². The molecule has 2 nitrogen and oxygen atoms in total. The molecular formula is C18H38N2. The van der Waals surface area contributed by atoms with Crippen molar-refractivity contribution < 1.29 is 0 Å². The van der Waals surface area contributed by atoms with Gasteiger partial charge in [-0.05, 0) is 57.7 Å². The summed E-state index contributed by atoms with van der Waals surface area (Å²) in [6.07, 6.45) is 12.6. The quantitative estimate of drug-likeness (QED) is 0.532. The fourth-order valence-electron chi connectivity index (χ4n) is 3.38. The molecule has 120 valence electrons. The molecule has 20 heavy (non-hydrogen) atoms. The van der Waals surface area contributed by atoms with Crippen LogP contribution in [0, 0.1) is 5.92 Å². The molecule has 0 spiro atoms. The van der Waals surface area contributed by atoms with Crippen LogP contribution in [0.1, 0.15) is 78.6 Å². The van der Waals surface area contributed by atoms with Gasteiger partial charge in [-0.3, -0.25) is 0 Å². The first-order chi connectivity index (χ1) is 9.74. The number of unbranched alkanes of at least 4 members (excludes halogenated alkanes) is 3. The fourth-order valence-corrected chi connectivity index (χ4v) is 3.38. The summed E-state index contributed by atoms with van der Waals surface area (Å²) < 4.78 is 0. The van der Waals surface area contributed by atoms with E-state index in [9.17, 15) is 0 Å². The molecule has 0 radical (unpaired) electrons. The highest BCUT2D eigenvalue weighted by Crippen LogP contribution is 2.24. The third kappa shape index (κ3) is 8.26. The van der Waals surface area contributed by atoms with Crippen molar-refractivity contribution in [3.63, 3.8) is 0 Å². The molecule has 2 heteroatoms. The van der Waals surface area contributed by atoms with E-state index in [1.807, 2.05) is 0 Å². The molecule has 0 aromatic heterocycles. The maximum absolute atomic E-state index is 3.50. The topological polar surface area (TPSA) is 15.3 Å². The number of hydrogen-bond acceptors (Lipinski definition) is 2. The Bertz CT molecular complexity index is 209. The van der Waals surface area contributed by atoms with Gasteiger partial charge in [0.1, 0.15) is 0 Å². The summed E-state index contributed by atoms with van der Waals surface area (Å²) >= 11 is 0. The third-order valence-corrected chi connectivity index (χ3v) is 4.42. The van der Waals surface area contributed by atoms with Crippen molar-refractivity contribution in [2.24, 2.45) is 5.92 Å². The van der Waals surface area contributed by atoms with Crippen molar-refractivity contribution in [2.45, 2.75) is 84.6 Å². The number of nitrogens with zero attached hydrogens (tertiary/aromatic N) is 1. The first kappa shape index (κ1) is 18.0. The summed E-state index contributed by atoms with van der Waals surface area (Å²) in [5.41, 5.74) is 0. The van der Waals surface area contributed by atoms with Gasteiger partial charge in [0.15, 0.2) is 0 Å². The van der Waals surface area contributed by atoms with Gasteiger partial charge in [-0.15, -0.1) is 0 Å². The average molecular weight is 283 g/mol. The van der Waals surface area contributed by atoms with Gasteiger partial charge >= 0.3 is 0 Å². The van der Waals surface area contributed by atoms with Crippen molar-refractivity contribution in [3.05, 3.63) is 0 Å². The molecule has 0 aromatic carbocycles. The van der Waals surface area contributed by atoms with Crippen molar-refractivity contribution in [1.82, 2.24) is 10.2 Å². The second kappa shape index (κ2) is 11.6. The first-order valence-corrected chi connectivity index (χ1v) is 9.18. The lowest BCUT2D eigenvalue weighted by atomic mass is 10.1. The zero-order valence-corrected chi connectivity index (χ0v) is 14.3. The highest BCUT2D eigenvalue weighted by Gasteiger charge is 2.22. The highest BCUT2D eigenvalue weighted by atomic mass is 15.2. The zero-order chi connectivity index (χ0) is 14.6. The molecular weight excluding hydrogens is 244 g/mol. The van der Waals surface area contributed by atoms with E-state index in [-0.39, 0.29) is 0 Å². The molecule has 1 N–H and O–H groups in total. The Morgan fingerprint density at radius 3 is 2.35 bits per heavy atom. The van der Waals surface area contributed by atoms with Gasteiger partial charge in [0.25, 0.3) is 0 Å². The van der Waals surface area contributed by atoms with Crippen molar-refractivity contribution in [1.29, 1.82) is 0 Å². The predicted octanol–water partition coefficient (Wildman–Crippen LogP) is 4.45. The van der Waals surface area contributed by atoms with E-state index in [0.29, 0.717) is 0 Å². The Kier molecular flexibility index (Phi) is 10.4. The smallest absolute Gasteiger partial charge is 0.00953 e. The van der Waals surface area contributed by atoms with Crippen molar-refractivity contribution >= 4 is 0 Å². The van der Waals surface area contributed by atoms with Crippen LogP contribution >= 0.6 is 0 Å². The Balaban J connectivity index is 2.06. The molecule has 1 aliphatic carbocycles. The van der Waals surface area contributed by atoms with E-state index in [2.05, 4.69) is 31.0 Å². The van der Waals surface area contributed by atoms with Crippen LogP contribution in [0.25, 0.3) is 0 Å². The maximum atomic E-state index is 3.50. The van der Waals surface area contributed by atoms with E-state index < -0.39 is 0 Å². The van der Waals surface area contributed by atoms with E-state index in [1.165, 1.54) is 84.0 Å². The van der Waals surface area contributed by atoms with Crippen LogP contribution in [0.5, 0.6) is 0 Å². The Morgan fingerprint density at radius 1 is 1.00 bits per heavy atom. The molecule has 0 bridgehead atoms. The summed E-state index contributed by atoms with van der Waals surface area (Å²) in [6.45, 7) is 12.0. The molecule has 0 amide bonds. The lowest BCUT2D eigenvalue weighted by Crippen LogP contribution is -2.37.